The van der Waals surface area contributed by atoms with Gasteiger partial charge in [0.2, 0.25) is 0 Å². The zero-order valence-corrected chi connectivity index (χ0v) is 10.8. The molecule has 0 bridgehead atoms. The lowest BCUT2D eigenvalue weighted by atomic mass is 9.86. The Morgan fingerprint density at radius 2 is 1.93 bits per heavy atom. The van der Waals surface area contributed by atoms with Gasteiger partial charge >= 0.3 is 7.12 Å². The molecule has 2 rings (SSSR count). The fraction of sp³-hybridized carbons (Fsp3) is 0.667. The molecule has 2 heterocycles. The van der Waals surface area contributed by atoms with E-state index < -0.39 is 18.3 Å². The second-order valence-electron chi connectivity index (χ2n) is 4.64. The molecular weight excluding hydrogens is 259 g/mol. The number of rotatable bonds is 1. The first kappa shape index (κ1) is 9.87. The summed E-state index contributed by atoms with van der Waals surface area (Å²) in [7, 11) is -0.559. The van der Waals surface area contributed by atoms with E-state index in [2.05, 4.69) is 25.9 Å². The molecule has 0 spiro atoms. The second-order valence-corrected chi connectivity index (χ2v) is 5.39. The lowest BCUT2D eigenvalue weighted by Gasteiger charge is -2.32. The molecule has 1 N–H and O–H groups in total. The van der Waals surface area contributed by atoms with Gasteiger partial charge in [0.15, 0.2) is 4.73 Å². The van der Waals surface area contributed by atoms with Crippen LogP contribution in [0.4, 0.5) is 0 Å². The van der Waals surface area contributed by atoms with Gasteiger partial charge < -0.3 is 14.3 Å². The molecule has 0 aromatic carbocycles. The van der Waals surface area contributed by atoms with Gasteiger partial charge in [-0.3, -0.25) is 0 Å². The molecule has 6 heteroatoms. The minimum Gasteiger partial charge on any atom is -0.398 e. The Hall–Kier alpha value is -0.325. The summed E-state index contributed by atoms with van der Waals surface area (Å²) in [6.45, 7) is 7.90. The van der Waals surface area contributed by atoms with Crippen molar-refractivity contribution in [3.8, 4) is 0 Å². The van der Waals surface area contributed by atoms with Crippen LogP contribution in [0.1, 0.15) is 29.1 Å². The lowest BCUT2D eigenvalue weighted by Crippen LogP contribution is -2.41. The smallest absolute Gasteiger partial charge is 0.398 e. The third kappa shape index (κ3) is 1.86. The van der Waals surface area contributed by atoms with Crippen LogP contribution >= 0.6 is 15.9 Å². The van der Waals surface area contributed by atoms with Crippen molar-refractivity contribution < 1.29 is 10.7 Å². The zero-order chi connectivity index (χ0) is 12.1. The van der Waals surface area contributed by atoms with E-state index in [1.54, 1.807) is 0 Å². The van der Waals surface area contributed by atoms with Crippen molar-refractivity contribution in [1.29, 1.82) is 0 Å². The standard InChI is InChI=1S/C9H14BBrN2O2/c1-8(2)9(3,4)15-10(14-8)6-5-12-7(11)13-6/h5H,1-4H3,(H,12,13)/i5D. The first-order valence-electron chi connectivity index (χ1n) is 5.30. The molecule has 1 fully saturated rings. The maximum Gasteiger partial charge on any atom is 0.513 e. The molecule has 0 atom stereocenters. The maximum atomic E-state index is 7.68. The largest absolute Gasteiger partial charge is 0.513 e. The average Bonchev–Trinajstić information content (AvgIpc) is 2.51. The van der Waals surface area contributed by atoms with E-state index >= 15 is 0 Å². The summed E-state index contributed by atoms with van der Waals surface area (Å²) in [5.74, 6) is 0. The number of nitrogens with one attached hydrogen (secondary N) is 1. The van der Waals surface area contributed by atoms with Gasteiger partial charge in [-0.2, -0.15) is 0 Å². The van der Waals surface area contributed by atoms with E-state index in [0.717, 1.165) is 0 Å². The molecule has 4 nitrogen and oxygen atoms in total. The molecule has 1 aromatic rings. The number of hydrogen-bond donors (Lipinski definition) is 1. The van der Waals surface area contributed by atoms with Gasteiger partial charge in [-0.05, 0) is 43.6 Å². The maximum absolute atomic E-state index is 7.68. The van der Waals surface area contributed by atoms with Crippen LogP contribution in [-0.4, -0.2) is 28.3 Å². The summed E-state index contributed by atoms with van der Waals surface area (Å²) in [4.78, 5) is 6.85. The van der Waals surface area contributed by atoms with Crippen LogP contribution in [0.25, 0.3) is 0 Å². The molecule has 0 radical (unpaired) electrons. The molecule has 1 aliphatic heterocycles. The molecule has 15 heavy (non-hydrogen) atoms. The van der Waals surface area contributed by atoms with Crippen molar-refractivity contribution >= 4 is 28.6 Å². The summed E-state index contributed by atoms with van der Waals surface area (Å²) in [6.07, 6.45) is 0.144. The SMILES string of the molecule is [2H]c1nc(Br)[nH]c1B1OC(C)(C)C(C)(C)O1. The number of aromatic amines is 1. The number of H-pyrrole nitrogens is 1. The highest BCUT2D eigenvalue weighted by molar-refractivity contribution is 9.10. The number of hydrogen-bond acceptors (Lipinski definition) is 3. The molecular formula is C9H14BBrN2O2. The van der Waals surface area contributed by atoms with E-state index in [1.165, 1.54) is 0 Å². The number of halogens is 1. The van der Waals surface area contributed by atoms with E-state index in [0.29, 0.717) is 10.3 Å². The number of aromatic nitrogens is 2. The summed E-state index contributed by atoms with van der Waals surface area (Å²) in [5.41, 5.74) is -0.255. The fourth-order valence-corrected chi connectivity index (χ4v) is 1.65. The first-order chi connectivity index (χ1) is 7.23. The molecule has 1 saturated heterocycles. The molecule has 82 valence electrons. The Labute approximate surface area is 99.4 Å². The van der Waals surface area contributed by atoms with Crippen LogP contribution in [0.15, 0.2) is 10.9 Å². The van der Waals surface area contributed by atoms with Crippen LogP contribution in [-0.2, 0) is 9.31 Å². The number of imidazole rings is 1. The second kappa shape index (κ2) is 3.33. The van der Waals surface area contributed by atoms with Gasteiger partial charge in [0, 0.05) is 6.17 Å². The topological polar surface area (TPSA) is 47.1 Å². The Kier molecular flexibility index (Phi) is 2.19. The Morgan fingerprint density at radius 1 is 1.40 bits per heavy atom. The van der Waals surface area contributed by atoms with Gasteiger partial charge in [-0.1, -0.05) is 0 Å². The van der Waals surface area contributed by atoms with E-state index in [9.17, 15) is 0 Å². The minimum atomic E-state index is -0.559. The normalized spacial score (nSPS) is 24.3. The Balaban J connectivity index is 2.30. The average molecular weight is 274 g/mol. The van der Waals surface area contributed by atoms with Crippen LogP contribution < -0.4 is 5.59 Å². The van der Waals surface area contributed by atoms with Crippen molar-refractivity contribution in [3.63, 3.8) is 0 Å². The predicted molar refractivity (Wildman–Crippen MR) is 62.0 cm³/mol. The summed E-state index contributed by atoms with van der Waals surface area (Å²) < 4.78 is 19.8. The van der Waals surface area contributed by atoms with Crippen LogP contribution in [0.5, 0.6) is 0 Å². The third-order valence-electron chi connectivity index (χ3n) is 3.00. The van der Waals surface area contributed by atoms with Gasteiger partial charge in [0.25, 0.3) is 0 Å². The van der Waals surface area contributed by atoms with Gasteiger partial charge in [0.1, 0.15) is 0 Å². The molecule has 1 aliphatic rings. The quantitative estimate of drug-likeness (QED) is 0.789. The minimum absolute atomic E-state index is 0.144. The number of nitrogens with zero attached hydrogens (tertiary/aromatic N) is 1. The highest BCUT2D eigenvalue weighted by atomic mass is 79.9. The highest BCUT2D eigenvalue weighted by Gasteiger charge is 2.52. The molecule has 0 saturated carbocycles. The Bertz CT molecular complexity index is 406. The van der Waals surface area contributed by atoms with Gasteiger partial charge in [0.05, 0.1) is 18.2 Å². The van der Waals surface area contributed by atoms with Crippen molar-refractivity contribution in [3.05, 3.63) is 10.9 Å². The summed E-state index contributed by atoms with van der Waals surface area (Å²) in [6, 6.07) is 0. The van der Waals surface area contributed by atoms with Crippen LogP contribution in [0.2, 0.25) is 0 Å². The van der Waals surface area contributed by atoms with E-state index in [1.807, 2.05) is 27.7 Å². The van der Waals surface area contributed by atoms with Gasteiger partial charge in [-0.25, -0.2) is 4.98 Å². The zero-order valence-electron chi connectivity index (χ0n) is 10.2. The monoisotopic (exact) mass is 273 g/mol. The molecule has 0 unspecified atom stereocenters. The molecule has 1 aromatic heterocycles. The Morgan fingerprint density at radius 3 is 2.33 bits per heavy atom. The van der Waals surface area contributed by atoms with Crippen molar-refractivity contribution in [2.75, 3.05) is 0 Å². The van der Waals surface area contributed by atoms with E-state index in [4.69, 9.17) is 10.7 Å². The van der Waals surface area contributed by atoms with Crippen LogP contribution in [0.3, 0.4) is 0 Å². The lowest BCUT2D eigenvalue weighted by molar-refractivity contribution is 0.00578. The van der Waals surface area contributed by atoms with E-state index in [-0.39, 0.29) is 6.17 Å². The van der Waals surface area contributed by atoms with Crippen LogP contribution in [0, 0.1) is 0 Å². The first-order valence-corrected chi connectivity index (χ1v) is 5.60. The summed E-state index contributed by atoms with van der Waals surface area (Å²) in [5, 5.41) is 0. The van der Waals surface area contributed by atoms with Crippen molar-refractivity contribution in [1.82, 2.24) is 9.97 Å². The fourth-order valence-electron chi connectivity index (χ4n) is 1.35. The predicted octanol–water partition coefficient (Wildman–Crippen LogP) is 1.47. The van der Waals surface area contributed by atoms with Gasteiger partial charge in [-0.15, -0.1) is 0 Å². The molecule has 0 aliphatic carbocycles. The van der Waals surface area contributed by atoms with Crippen molar-refractivity contribution in [2.24, 2.45) is 0 Å². The summed E-state index contributed by atoms with van der Waals surface area (Å²) >= 11 is 3.19. The third-order valence-corrected chi connectivity index (χ3v) is 3.38. The highest BCUT2D eigenvalue weighted by Crippen LogP contribution is 2.36. The molecule has 0 amide bonds. The van der Waals surface area contributed by atoms with Crippen molar-refractivity contribution in [2.45, 2.75) is 38.9 Å².